The molecule has 1 unspecified atom stereocenters. The van der Waals surface area contributed by atoms with Gasteiger partial charge in [0.2, 0.25) is 0 Å². The van der Waals surface area contributed by atoms with Crippen LogP contribution in [0.3, 0.4) is 0 Å². The fraction of sp³-hybridized carbons (Fsp3) is 0.500. The number of carbonyl (C=O) groups is 1. The maximum Gasteiger partial charge on any atom is 0.327 e. The predicted molar refractivity (Wildman–Crippen MR) is 70.4 cm³/mol. The molecule has 0 aliphatic carbocycles. The number of carbonyl (C=O) groups excluding carboxylic acids is 1. The van der Waals surface area contributed by atoms with Crippen molar-refractivity contribution in [3.8, 4) is 0 Å². The standard InChI is InChI=1S/C12H15N5O3/c1-6-14-8(10(13)18)9-11(15-6)17(12(19)16-9)5-7-3-2-4-20-7/h7H,2-5H2,1H3,(H2,13,18)(H,16,19). The number of amides is 1. The Bertz CT molecular complexity index is 727. The molecule has 3 N–H and O–H groups in total. The number of hydrogen-bond donors (Lipinski definition) is 2. The van der Waals surface area contributed by atoms with E-state index in [4.69, 9.17) is 10.5 Å². The molecular formula is C12H15N5O3. The average molecular weight is 277 g/mol. The van der Waals surface area contributed by atoms with Gasteiger partial charge >= 0.3 is 5.69 Å². The summed E-state index contributed by atoms with van der Waals surface area (Å²) in [7, 11) is 0. The van der Waals surface area contributed by atoms with Gasteiger partial charge in [0.15, 0.2) is 11.3 Å². The van der Waals surface area contributed by atoms with Crippen LogP contribution in [0.2, 0.25) is 0 Å². The van der Waals surface area contributed by atoms with E-state index in [2.05, 4.69) is 15.0 Å². The molecule has 2 aromatic rings. The van der Waals surface area contributed by atoms with Gasteiger partial charge in [0.05, 0.1) is 12.6 Å². The molecule has 3 rings (SSSR count). The lowest BCUT2D eigenvalue weighted by molar-refractivity contribution is 0.0970. The van der Waals surface area contributed by atoms with Crippen LogP contribution in [0.15, 0.2) is 4.79 Å². The van der Waals surface area contributed by atoms with E-state index in [-0.39, 0.29) is 23.0 Å². The highest BCUT2D eigenvalue weighted by Gasteiger charge is 2.22. The molecule has 1 aliphatic heterocycles. The van der Waals surface area contributed by atoms with Crippen molar-refractivity contribution in [1.82, 2.24) is 19.5 Å². The molecule has 8 nitrogen and oxygen atoms in total. The zero-order valence-electron chi connectivity index (χ0n) is 11.0. The summed E-state index contributed by atoms with van der Waals surface area (Å²) >= 11 is 0. The molecule has 1 fully saturated rings. The van der Waals surface area contributed by atoms with E-state index in [9.17, 15) is 9.59 Å². The van der Waals surface area contributed by atoms with E-state index in [1.807, 2.05) is 0 Å². The van der Waals surface area contributed by atoms with Gasteiger partial charge in [-0.1, -0.05) is 0 Å². The highest BCUT2D eigenvalue weighted by molar-refractivity contribution is 6.01. The van der Waals surface area contributed by atoms with Gasteiger partial charge in [0, 0.05) is 6.61 Å². The molecule has 8 heteroatoms. The molecule has 106 valence electrons. The number of imidazole rings is 1. The second-order valence-electron chi connectivity index (χ2n) is 4.86. The summed E-state index contributed by atoms with van der Waals surface area (Å²) in [6.07, 6.45) is 1.90. The first-order chi connectivity index (χ1) is 9.56. The maximum absolute atomic E-state index is 12.0. The Morgan fingerprint density at radius 2 is 2.35 bits per heavy atom. The second kappa shape index (κ2) is 4.71. The first-order valence-corrected chi connectivity index (χ1v) is 6.45. The molecule has 0 aromatic carbocycles. The van der Waals surface area contributed by atoms with Crippen molar-refractivity contribution < 1.29 is 9.53 Å². The Balaban J connectivity index is 2.14. The Labute approximate surface area is 114 Å². The minimum atomic E-state index is -0.689. The van der Waals surface area contributed by atoms with Crippen LogP contribution >= 0.6 is 0 Å². The number of aryl methyl sites for hydroxylation is 1. The number of aromatic nitrogens is 4. The zero-order chi connectivity index (χ0) is 14.3. The van der Waals surface area contributed by atoms with E-state index in [0.717, 1.165) is 12.8 Å². The zero-order valence-corrected chi connectivity index (χ0v) is 11.0. The van der Waals surface area contributed by atoms with Crippen LogP contribution in [0.4, 0.5) is 0 Å². The number of nitrogens with two attached hydrogens (primary N) is 1. The largest absolute Gasteiger partial charge is 0.376 e. The Hall–Kier alpha value is -2.22. The lowest BCUT2D eigenvalue weighted by Crippen LogP contribution is -2.24. The van der Waals surface area contributed by atoms with E-state index in [1.54, 1.807) is 6.92 Å². The van der Waals surface area contributed by atoms with Crippen molar-refractivity contribution in [2.75, 3.05) is 6.61 Å². The number of hydrogen-bond acceptors (Lipinski definition) is 5. The van der Waals surface area contributed by atoms with Crippen LogP contribution in [0.25, 0.3) is 11.2 Å². The third kappa shape index (κ3) is 2.07. The topological polar surface area (TPSA) is 116 Å². The van der Waals surface area contributed by atoms with Crippen LogP contribution in [0, 0.1) is 6.92 Å². The lowest BCUT2D eigenvalue weighted by Gasteiger charge is -2.10. The van der Waals surface area contributed by atoms with Crippen LogP contribution in [0.5, 0.6) is 0 Å². The molecule has 1 atom stereocenters. The molecule has 2 aromatic heterocycles. The SMILES string of the molecule is Cc1nc(C(N)=O)c2[nH]c(=O)n(CC3CCCO3)c2n1. The van der Waals surface area contributed by atoms with E-state index < -0.39 is 5.91 Å². The fourth-order valence-electron chi connectivity index (χ4n) is 2.48. The number of primary amides is 1. The second-order valence-corrected chi connectivity index (χ2v) is 4.86. The fourth-order valence-corrected chi connectivity index (χ4v) is 2.48. The van der Waals surface area contributed by atoms with Crippen molar-refractivity contribution in [2.45, 2.75) is 32.4 Å². The Kier molecular flexibility index (Phi) is 3.01. The monoisotopic (exact) mass is 277 g/mol. The molecule has 0 saturated carbocycles. The smallest absolute Gasteiger partial charge is 0.327 e. The van der Waals surface area contributed by atoms with Gasteiger partial charge in [0.25, 0.3) is 5.91 Å². The molecule has 0 bridgehead atoms. The molecule has 0 radical (unpaired) electrons. The minimum absolute atomic E-state index is 0.000926. The third-order valence-electron chi connectivity index (χ3n) is 3.38. The summed E-state index contributed by atoms with van der Waals surface area (Å²) in [5.74, 6) is -0.294. The normalized spacial score (nSPS) is 18.8. The quantitative estimate of drug-likeness (QED) is 0.799. The van der Waals surface area contributed by atoms with Crippen molar-refractivity contribution >= 4 is 17.1 Å². The summed E-state index contributed by atoms with van der Waals surface area (Å²) in [6.45, 7) is 2.77. The summed E-state index contributed by atoms with van der Waals surface area (Å²) < 4.78 is 7.01. The van der Waals surface area contributed by atoms with Gasteiger partial charge < -0.3 is 15.5 Å². The molecule has 0 spiro atoms. The minimum Gasteiger partial charge on any atom is -0.376 e. The van der Waals surface area contributed by atoms with Crippen LogP contribution < -0.4 is 11.4 Å². The molecule has 1 amide bonds. The molecule has 20 heavy (non-hydrogen) atoms. The molecule has 1 aliphatic rings. The Morgan fingerprint density at radius 3 is 3.00 bits per heavy atom. The van der Waals surface area contributed by atoms with E-state index >= 15 is 0 Å². The lowest BCUT2D eigenvalue weighted by atomic mass is 10.2. The van der Waals surface area contributed by atoms with Crippen LogP contribution in [-0.2, 0) is 11.3 Å². The van der Waals surface area contributed by atoms with Gasteiger partial charge in [-0.3, -0.25) is 9.36 Å². The summed E-state index contributed by atoms with van der Waals surface area (Å²) in [4.78, 5) is 34.3. The van der Waals surface area contributed by atoms with Crippen molar-refractivity contribution in [2.24, 2.45) is 5.73 Å². The van der Waals surface area contributed by atoms with E-state index in [0.29, 0.717) is 24.6 Å². The molecular weight excluding hydrogens is 262 g/mol. The number of rotatable bonds is 3. The summed E-state index contributed by atoms with van der Waals surface area (Å²) in [6, 6.07) is 0. The van der Waals surface area contributed by atoms with Crippen molar-refractivity contribution in [3.63, 3.8) is 0 Å². The molecule has 1 saturated heterocycles. The van der Waals surface area contributed by atoms with E-state index in [1.165, 1.54) is 4.57 Å². The van der Waals surface area contributed by atoms with Gasteiger partial charge in [-0.15, -0.1) is 0 Å². The summed E-state index contributed by atoms with van der Waals surface area (Å²) in [5.41, 5.74) is 5.67. The summed E-state index contributed by atoms with van der Waals surface area (Å²) in [5, 5.41) is 0. The van der Waals surface area contributed by atoms with Gasteiger partial charge in [-0.2, -0.15) is 0 Å². The highest BCUT2D eigenvalue weighted by atomic mass is 16.5. The van der Waals surface area contributed by atoms with Crippen LogP contribution in [-0.4, -0.2) is 38.1 Å². The first kappa shape index (κ1) is 12.8. The number of fused-ring (bicyclic) bond motifs is 1. The number of H-pyrrole nitrogens is 1. The van der Waals surface area contributed by atoms with Gasteiger partial charge in [-0.25, -0.2) is 14.8 Å². The number of nitrogens with one attached hydrogen (secondary N) is 1. The van der Waals surface area contributed by atoms with Crippen LogP contribution in [0.1, 0.15) is 29.2 Å². The predicted octanol–water partition coefficient (Wildman–Crippen LogP) is -0.294. The maximum atomic E-state index is 12.0. The molecule has 3 heterocycles. The van der Waals surface area contributed by atoms with Gasteiger partial charge in [-0.05, 0) is 19.8 Å². The number of ether oxygens (including phenoxy) is 1. The first-order valence-electron chi connectivity index (χ1n) is 6.45. The average Bonchev–Trinajstić information content (AvgIpc) is 2.99. The Morgan fingerprint density at radius 1 is 1.55 bits per heavy atom. The highest BCUT2D eigenvalue weighted by Crippen LogP contribution is 2.17. The van der Waals surface area contributed by atoms with Gasteiger partial charge in [0.1, 0.15) is 11.3 Å². The van der Waals surface area contributed by atoms with Crippen molar-refractivity contribution in [1.29, 1.82) is 0 Å². The number of nitrogens with zero attached hydrogens (tertiary/aromatic N) is 3. The number of aromatic amines is 1. The third-order valence-corrected chi connectivity index (χ3v) is 3.38. The van der Waals surface area contributed by atoms with Crippen molar-refractivity contribution in [3.05, 3.63) is 22.0 Å².